The molecule has 0 saturated carbocycles. The van der Waals surface area contributed by atoms with Gasteiger partial charge in [0.25, 0.3) is 0 Å². The molecule has 1 aromatic carbocycles. The number of imidazole rings is 1. The smallest absolute Gasteiger partial charge is 0.198 e. The average Bonchev–Trinajstić information content (AvgIpc) is 3.18. The van der Waals surface area contributed by atoms with E-state index in [0.29, 0.717) is 28.5 Å². The van der Waals surface area contributed by atoms with Crippen molar-refractivity contribution in [3.8, 4) is 33.9 Å². The molecule has 134 valence electrons. The highest BCUT2D eigenvalue weighted by Crippen LogP contribution is 2.30. The third kappa shape index (κ3) is 2.88. The van der Waals surface area contributed by atoms with E-state index in [9.17, 15) is 4.39 Å². The lowest BCUT2D eigenvalue weighted by molar-refractivity contribution is 0.628. The van der Waals surface area contributed by atoms with E-state index in [1.165, 1.54) is 12.1 Å². The lowest BCUT2D eigenvalue weighted by atomic mass is 10.1. The SMILES string of the molecule is Fc1ccc(-c2nc3nc(-c4cccnc4)c(-c4ccncc4)nc3[nH]2)cc1. The molecule has 0 bridgehead atoms. The molecule has 0 aliphatic rings. The highest BCUT2D eigenvalue weighted by atomic mass is 19.1. The molecule has 1 N–H and O–H groups in total. The van der Waals surface area contributed by atoms with Crippen molar-refractivity contribution < 1.29 is 4.39 Å². The van der Waals surface area contributed by atoms with Crippen molar-refractivity contribution in [1.82, 2.24) is 29.9 Å². The summed E-state index contributed by atoms with van der Waals surface area (Å²) in [4.78, 5) is 25.5. The van der Waals surface area contributed by atoms with Gasteiger partial charge in [-0.1, -0.05) is 0 Å². The van der Waals surface area contributed by atoms with Gasteiger partial charge in [0.05, 0.1) is 5.69 Å². The number of hydrogen-bond acceptors (Lipinski definition) is 5. The molecule has 0 fully saturated rings. The van der Waals surface area contributed by atoms with Crippen molar-refractivity contribution >= 4 is 11.3 Å². The maximum Gasteiger partial charge on any atom is 0.198 e. The van der Waals surface area contributed by atoms with Crippen LogP contribution in [0.25, 0.3) is 45.2 Å². The summed E-state index contributed by atoms with van der Waals surface area (Å²) < 4.78 is 13.2. The Kier molecular flexibility index (Phi) is 3.83. The van der Waals surface area contributed by atoms with Crippen molar-refractivity contribution in [3.05, 3.63) is 79.1 Å². The number of aromatic nitrogens is 6. The predicted molar refractivity (Wildman–Crippen MR) is 104 cm³/mol. The number of nitrogens with zero attached hydrogens (tertiary/aromatic N) is 5. The Morgan fingerprint density at radius 2 is 1.46 bits per heavy atom. The molecule has 28 heavy (non-hydrogen) atoms. The van der Waals surface area contributed by atoms with Crippen LogP contribution in [-0.2, 0) is 0 Å². The van der Waals surface area contributed by atoms with Crippen LogP contribution in [0.1, 0.15) is 0 Å². The van der Waals surface area contributed by atoms with Crippen LogP contribution in [0, 0.1) is 5.82 Å². The van der Waals surface area contributed by atoms with Gasteiger partial charge in [-0.05, 0) is 48.5 Å². The van der Waals surface area contributed by atoms with Gasteiger partial charge >= 0.3 is 0 Å². The summed E-state index contributed by atoms with van der Waals surface area (Å²) in [6, 6.07) is 13.7. The zero-order chi connectivity index (χ0) is 18.9. The van der Waals surface area contributed by atoms with E-state index in [1.807, 2.05) is 24.3 Å². The van der Waals surface area contributed by atoms with Crippen LogP contribution in [0.4, 0.5) is 4.39 Å². The number of benzene rings is 1. The first-order chi connectivity index (χ1) is 13.8. The van der Waals surface area contributed by atoms with E-state index in [0.717, 1.165) is 16.7 Å². The molecule has 0 saturated heterocycles. The number of pyridine rings is 2. The highest BCUT2D eigenvalue weighted by molar-refractivity contribution is 5.84. The Morgan fingerprint density at radius 3 is 2.21 bits per heavy atom. The lowest BCUT2D eigenvalue weighted by Crippen LogP contribution is -1.95. The van der Waals surface area contributed by atoms with E-state index >= 15 is 0 Å². The fourth-order valence-corrected chi connectivity index (χ4v) is 2.99. The van der Waals surface area contributed by atoms with Gasteiger partial charge in [0.2, 0.25) is 0 Å². The van der Waals surface area contributed by atoms with Crippen LogP contribution in [-0.4, -0.2) is 29.9 Å². The van der Waals surface area contributed by atoms with E-state index in [2.05, 4.69) is 19.9 Å². The van der Waals surface area contributed by atoms with Gasteiger partial charge in [0, 0.05) is 41.5 Å². The molecule has 0 radical (unpaired) electrons. The van der Waals surface area contributed by atoms with Crippen molar-refractivity contribution in [2.45, 2.75) is 0 Å². The summed E-state index contributed by atoms with van der Waals surface area (Å²) in [6.07, 6.45) is 6.88. The third-order valence-electron chi connectivity index (χ3n) is 4.34. The van der Waals surface area contributed by atoms with Crippen LogP contribution < -0.4 is 0 Å². The zero-order valence-corrected chi connectivity index (χ0v) is 14.5. The minimum absolute atomic E-state index is 0.296. The van der Waals surface area contributed by atoms with Gasteiger partial charge in [0.1, 0.15) is 17.3 Å². The van der Waals surface area contributed by atoms with Crippen LogP contribution in [0.3, 0.4) is 0 Å². The second kappa shape index (κ2) is 6.62. The molecule has 0 unspecified atom stereocenters. The van der Waals surface area contributed by atoms with Crippen LogP contribution >= 0.6 is 0 Å². The largest absolute Gasteiger partial charge is 0.321 e. The van der Waals surface area contributed by atoms with E-state index in [-0.39, 0.29) is 5.82 Å². The van der Waals surface area contributed by atoms with E-state index in [1.54, 1.807) is 36.9 Å². The maximum absolute atomic E-state index is 13.2. The quantitative estimate of drug-likeness (QED) is 0.514. The molecule has 0 spiro atoms. The first-order valence-corrected chi connectivity index (χ1v) is 8.62. The molecule has 4 heterocycles. The normalized spacial score (nSPS) is 11.0. The summed E-state index contributed by atoms with van der Waals surface area (Å²) in [6.45, 7) is 0. The maximum atomic E-state index is 13.2. The summed E-state index contributed by atoms with van der Waals surface area (Å²) in [7, 11) is 0. The van der Waals surface area contributed by atoms with Crippen molar-refractivity contribution in [2.75, 3.05) is 0 Å². The zero-order valence-electron chi connectivity index (χ0n) is 14.5. The summed E-state index contributed by atoms with van der Waals surface area (Å²) in [5.41, 5.74) is 4.92. The number of halogens is 1. The first kappa shape index (κ1) is 16.2. The third-order valence-corrected chi connectivity index (χ3v) is 4.34. The molecule has 4 aromatic heterocycles. The van der Waals surface area contributed by atoms with Gasteiger partial charge in [0.15, 0.2) is 11.3 Å². The fourth-order valence-electron chi connectivity index (χ4n) is 2.99. The molecule has 6 nitrogen and oxygen atoms in total. The van der Waals surface area contributed by atoms with Gasteiger partial charge in [-0.25, -0.2) is 19.3 Å². The molecule has 0 aliphatic heterocycles. The highest BCUT2D eigenvalue weighted by Gasteiger charge is 2.16. The number of nitrogens with one attached hydrogen (secondary N) is 1. The monoisotopic (exact) mass is 368 g/mol. The number of hydrogen-bond donors (Lipinski definition) is 1. The average molecular weight is 368 g/mol. The molecular weight excluding hydrogens is 355 g/mol. The Balaban J connectivity index is 1.73. The van der Waals surface area contributed by atoms with Crippen molar-refractivity contribution in [2.24, 2.45) is 0 Å². The molecule has 5 rings (SSSR count). The molecule has 7 heteroatoms. The number of fused-ring (bicyclic) bond motifs is 1. The first-order valence-electron chi connectivity index (χ1n) is 8.62. The summed E-state index contributed by atoms with van der Waals surface area (Å²) in [5, 5.41) is 0. The van der Waals surface area contributed by atoms with E-state index < -0.39 is 0 Å². The van der Waals surface area contributed by atoms with Gasteiger partial charge in [-0.15, -0.1) is 0 Å². The van der Waals surface area contributed by atoms with Crippen molar-refractivity contribution in [1.29, 1.82) is 0 Å². The molecule has 5 aromatic rings. The molecule has 0 atom stereocenters. The Hall–Kier alpha value is -4.00. The molecular formula is C21H13FN6. The Morgan fingerprint density at radius 1 is 0.679 bits per heavy atom. The Labute approximate surface area is 159 Å². The Bertz CT molecular complexity index is 1170. The van der Waals surface area contributed by atoms with Crippen LogP contribution in [0.5, 0.6) is 0 Å². The second-order valence-corrected chi connectivity index (χ2v) is 6.16. The van der Waals surface area contributed by atoms with Gasteiger partial charge < -0.3 is 4.98 Å². The standard InChI is InChI=1S/C21H13FN6/c22-16-5-3-14(4-6-16)19-27-20-21(28-19)26-18(15-2-1-9-24-12-15)17(25-20)13-7-10-23-11-8-13/h1-12H,(H,25,26,27,28). The number of rotatable bonds is 3. The van der Waals surface area contributed by atoms with Crippen LogP contribution in [0.15, 0.2) is 73.3 Å². The fraction of sp³-hybridized carbons (Fsp3) is 0. The van der Waals surface area contributed by atoms with Crippen molar-refractivity contribution in [3.63, 3.8) is 0 Å². The van der Waals surface area contributed by atoms with Crippen LogP contribution in [0.2, 0.25) is 0 Å². The second-order valence-electron chi connectivity index (χ2n) is 6.16. The van der Waals surface area contributed by atoms with E-state index in [4.69, 9.17) is 9.97 Å². The molecule has 0 amide bonds. The minimum Gasteiger partial charge on any atom is -0.321 e. The summed E-state index contributed by atoms with van der Waals surface area (Å²) in [5.74, 6) is 0.286. The lowest BCUT2D eigenvalue weighted by Gasteiger charge is -2.07. The topological polar surface area (TPSA) is 80.2 Å². The minimum atomic E-state index is -0.296. The van der Waals surface area contributed by atoms with Gasteiger partial charge in [-0.2, -0.15) is 0 Å². The number of H-pyrrole nitrogens is 1. The summed E-state index contributed by atoms with van der Waals surface area (Å²) >= 11 is 0. The number of aromatic amines is 1. The predicted octanol–water partition coefficient (Wildman–Crippen LogP) is 4.28. The van der Waals surface area contributed by atoms with Gasteiger partial charge in [-0.3, -0.25) is 9.97 Å². The molecule has 0 aliphatic carbocycles.